The van der Waals surface area contributed by atoms with Crippen LogP contribution in [0.4, 0.5) is 0 Å². The van der Waals surface area contributed by atoms with Crippen LogP contribution in [-0.4, -0.2) is 28.5 Å². The summed E-state index contributed by atoms with van der Waals surface area (Å²) in [7, 11) is 1.96. The highest BCUT2D eigenvalue weighted by Crippen LogP contribution is 2.07. The highest BCUT2D eigenvalue weighted by atomic mass is 16.2. The van der Waals surface area contributed by atoms with Crippen molar-refractivity contribution in [3.05, 3.63) is 18.7 Å². The fraction of sp³-hybridized carbons (Fsp3) is 0.600. The summed E-state index contributed by atoms with van der Waals surface area (Å²) < 4.78 is 3.86. The van der Waals surface area contributed by atoms with E-state index in [1.807, 2.05) is 39.8 Å². The number of aromatic nitrogens is 2. The van der Waals surface area contributed by atoms with Gasteiger partial charge in [0.05, 0.1) is 7.05 Å². The quantitative estimate of drug-likeness (QED) is 0.606. The van der Waals surface area contributed by atoms with Crippen LogP contribution in [0.2, 0.25) is 0 Å². The Labute approximate surface area is 83.8 Å². The summed E-state index contributed by atoms with van der Waals surface area (Å²) in [4.78, 5) is 13.7. The largest absolute Gasteiger partial charge is 0.339 e. The number of hydrogen-bond acceptors (Lipinski definition) is 1. The highest BCUT2D eigenvalue weighted by Gasteiger charge is 2.19. The molecule has 76 valence electrons. The number of carbonyl (C=O) groups excluding carboxylic acids is 1. The Morgan fingerprint density at radius 1 is 1.43 bits per heavy atom. The van der Waals surface area contributed by atoms with E-state index >= 15 is 0 Å². The van der Waals surface area contributed by atoms with Crippen LogP contribution in [0.15, 0.2) is 18.7 Å². The SMILES string of the molecule is C[n+]1ccn(CC(=O)N2CCCC2)c1. The van der Waals surface area contributed by atoms with Crippen LogP contribution in [0.1, 0.15) is 12.8 Å². The van der Waals surface area contributed by atoms with E-state index in [0.717, 1.165) is 25.9 Å². The Bertz CT molecular complexity index is 326. The number of likely N-dealkylation sites (tertiary alicyclic amines) is 1. The number of carbonyl (C=O) groups is 1. The van der Waals surface area contributed by atoms with E-state index < -0.39 is 0 Å². The van der Waals surface area contributed by atoms with Gasteiger partial charge < -0.3 is 4.90 Å². The van der Waals surface area contributed by atoms with Gasteiger partial charge in [0.25, 0.3) is 5.91 Å². The van der Waals surface area contributed by atoms with Crippen molar-refractivity contribution in [1.29, 1.82) is 0 Å². The fourth-order valence-corrected chi connectivity index (χ4v) is 1.82. The minimum atomic E-state index is 0.235. The third-order valence-corrected chi connectivity index (χ3v) is 2.60. The van der Waals surface area contributed by atoms with Crippen LogP contribution < -0.4 is 4.57 Å². The third-order valence-electron chi connectivity index (χ3n) is 2.60. The molecule has 2 rings (SSSR count). The van der Waals surface area contributed by atoms with Crippen molar-refractivity contribution in [2.75, 3.05) is 13.1 Å². The second-order valence-corrected chi connectivity index (χ2v) is 3.84. The zero-order valence-corrected chi connectivity index (χ0v) is 8.52. The zero-order valence-electron chi connectivity index (χ0n) is 8.52. The van der Waals surface area contributed by atoms with Gasteiger partial charge in [-0.05, 0) is 12.8 Å². The Balaban J connectivity index is 1.93. The molecule has 0 saturated carbocycles. The first kappa shape index (κ1) is 9.24. The molecular weight excluding hydrogens is 178 g/mol. The first-order chi connectivity index (χ1) is 6.75. The van der Waals surface area contributed by atoms with Crippen molar-refractivity contribution >= 4 is 5.91 Å². The van der Waals surface area contributed by atoms with Gasteiger partial charge in [-0.1, -0.05) is 0 Å². The molecule has 0 spiro atoms. The van der Waals surface area contributed by atoms with Gasteiger partial charge in [-0.25, -0.2) is 9.13 Å². The Hall–Kier alpha value is -1.32. The molecule has 0 bridgehead atoms. The molecule has 4 heteroatoms. The van der Waals surface area contributed by atoms with Crippen LogP contribution >= 0.6 is 0 Å². The number of amides is 1. The van der Waals surface area contributed by atoms with Crippen LogP contribution in [-0.2, 0) is 18.4 Å². The van der Waals surface area contributed by atoms with Crippen molar-refractivity contribution in [3.8, 4) is 0 Å². The topological polar surface area (TPSA) is 29.1 Å². The number of rotatable bonds is 2. The maximum atomic E-state index is 11.7. The molecule has 4 nitrogen and oxygen atoms in total. The molecule has 1 aromatic heterocycles. The summed E-state index contributed by atoms with van der Waals surface area (Å²) in [5.74, 6) is 0.235. The first-order valence-corrected chi connectivity index (χ1v) is 5.04. The summed E-state index contributed by atoms with van der Waals surface area (Å²) in [6, 6.07) is 0. The third kappa shape index (κ3) is 1.95. The van der Waals surface area contributed by atoms with Crippen LogP contribution in [0.5, 0.6) is 0 Å². The molecule has 0 unspecified atom stereocenters. The van der Waals surface area contributed by atoms with E-state index in [1.165, 1.54) is 0 Å². The van der Waals surface area contributed by atoms with Crippen molar-refractivity contribution in [2.24, 2.45) is 7.05 Å². The minimum absolute atomic E-state index is 0.235. The molecule has 0 atom stereocenters. The van der Waals surface area contributed by atoms with Crippen molar-refractivity contribution < 1.29 is 9.36 Å². The molecule has 2 heterocycles. The van der Waals surface area contributed by atoms with Crippen LogP contribution in [0.3, 0.4) is 0 Å². The summed E-state index contributed by atoms with van der Waals surface area (Å²) >= 11 is 0. The number of imidazole rings is 1. The molecular formula is C10H16N3O+. The summed E-state index contributed by atoms with van der Waals surface area (Å²) in [5.41, 5.74) is 0. The second-order valence-electron chi connectivity index (χ2n) is 3.84. The first-order valence-electron chi connectivity index (χ1n) is 5.04. The van der Waals surface area contributed by atoms with Gasteiger partial charge in [-0.15, -0.1) is 0 Å². The maximum Gasteiger partial charge on any atom is 0.264 e. The normalized spacial score (nSPS) is 16.2. The van der Waals surface area contributed by atoms with Crippen molar-refractivity contribution in [3.63, 3.8) is 0 Å². The van der Waals surface area contributed by atoms with E-state index in [0.29, 0.717) is 6.54 Å². The maximum absolute atomic E-state index is 11.7. The lowest BCUT2D eigenvalue weighted by atomic mass is 10.4. The van der Waals surface area contributed by atoms with E-state index in [1.54, 1.807) is 0 Å². The number of aryl methyl sites for hydroxylation is 1. The van der Waals surface area contributed by atoms with Gasteiger partial charge in [0, 0.05) is 13.1 Å². The lowest BCUT2D eigenvalue weighted by Crippen LogP contribution is -2.31. The Morgan fingerprint density at radius 3 is 2.71 bits per heavy atom. The Kier molecular flexibility index (Phi) is 2.52. The van der Waals surface area contributed by atoms with E-state index in [-0.39, 0.29) is 5.91 Å². The van der Waals surface area contributed by atoms with E-state index in [9.17, 15) is 4.79 Å². The van der Waals surface area contributed by atoms with Gasteiger partial charge >= 0.3 is 0 Å². The van der Waals surface area contributed by atoms with E-state index in [2.05, 4.69) is 0 Å². The summed E-state index contributed by atoms with van der Waals surface area (Å²) in [6.07, 6.45) is 8.11. The smallest absolute Gasteiger partial charge is 0.264 e. The molecule has 0 aromatic carbocycles. The Morgan fingerprint density at radius 2 is 2.14 bits per heavy atom. The molecule has 1 aliphatic rings. The molecule has 1 saturated heterocycles. The summed E-state index contributed by atoms with van der Waals surface area (Å²) in [6.45, 7) is 2.35. The molecule has 1 fully saturated rings. The second kappa shape index (κ2) is 3.82. The standard InChI is InChI=1S/C10H16N3O/c1-11-6-7-12(9-11)8-10(14)13-4-2-3-5-13/h6-7,9H,2-5,8H2,1H3/q+1. The molecule has 1 aliphatic heterocycles. The van der Waals surface area contributed by atoms with E-state index in [4.69, 9.17) is 0 Å². The minimum Gasteiger partial charge on any atom is -0.339 e. The predicted octanol–water partition coefficient (Wildman–Crippen LogP) is -0.0650. The molecule has 14 heavy (non-hydrogen) atoms. The average molecular weight is 194 g/mol. The molecule has 0 radical (unpaired) electrons. The van der Waals surface area contributed by atoms with Crippen LogP contribution in [0, 0.1) is 0 Å². The van der Waals surface area contributed by atoms with Crippen molar-refractivity contribution in [2.45, 2.75) is 19.4 Å². The average Bonchev–Trinajstić information content (AvgIpc) is 2.75. The lowest BCUT2D eigenvalue weighted by molar-refractivity contribution is -0.671. The van der Waals surface area contributed by atoms with Gasteiger partial charge in [-0.2, -0.15) is 0 Å². The predicted molar refractivity (Wildman–Crippen MR) is 51.4 cm³/mol. The number of hydrogen-bond donors (Lipinski definition) is 0. The molecule has 0 aliphatic carbocycles. The zero-order chi connectivity index (χ0) is 9.97. The van der Waals surface area contributed by atoms with Gasteiger partial charge in [-0.3, -0.25) is 4.79 Å². The lowest BCUT2D eigenvalue weighted by Gasteiger charge is -2.12. The van der Waals surface area contributed by atoms with Gasteiger partial charge in [0.2, 0.25) is 6.33 Å². The van der Waals surface area contributed by atoms with Crippen LogP contribution in [0.25, 0.3) is 0 Å². The number of nitrogens with zero attached hydrogens (tertiary/aromatic N) is 3. The summed E-state index contributed by atoms with van der Waals surface area (Å²) in [5, 5.41) is 0. The van der Waals surface area contributed by atoms with Gasteiger partial charge in [0.1, 0.15) is 12.4 Å². The highest BCUT2D eigenvalue weighted by molar-refractivity contribution is 5.76. The fourth-order valence-electron chi connectivity index (χ4n) is 1.82. The van der Waals surface area contributed by atoms with Gasteiger partial charge in [0.15, 0.2) is 6.54 Å². The molecule has 0 N–H and O–H groups in total. The molecule has 1 aromatic rings. The molecule has 1 amide bonds. The monoisotopic (exact) mass is 194 g/mol. The van der Waals surface area contributed by atoms with Crippen molar-refractivity contribution in [1.82, 2.24) is 9.47 Å².